The molecule has 0 radical (unpaired) electrons. The molecule has 0 unspecified atom stereocenters. The molecule has 0 bridgehead atoms. The number of hydrogen-bond acceptors (Lipinski definition) is 5. The number of nitrogens with zero attached hydrogens (tertiary/aromatic N) is 1. The standard InChI is InChI=1S/C17H17NO5/c1-13-6-8-15(9-7-13)22-11-10-17(19)23-12-14-4-2-3-5-16(14)18(20)21/h2-9H,10-12H2,1H3. The highest BCUT2D eigenvalue weighted by Gasteiger charge is 2.14. The van der Waals surface area contributed by atoms with E-state index in [2.05, 4.69) is 0 Å². The SMILES string of the molecule is Cc1ccc(OCCC(=O)OCc2ccccc2[N+](=O)[O-])cc1. The fraction of sp³-hybridized carbons (Fsp3) is 0.235. The Morgan fingerprint density at radius 3 is 2.52 bits per heavy atom. The number of ether oxygens (including phenoxy) is 2. The Balaban J connectivity index is 1.77. The predicted molar refractivity (Wildman–Crippen MR) is 84.2 cm³/mol. The quantitative estimate of drug-likeness (QED) is 0.444. The molecule has 0 saturated heterocycles. The van der Waals surface area contributed by atoms with E-state index in [9.17, 15) is 14.9 Å². The van der Waals surface area contributed by atoms with Crippen LogP contribution in [-0.4, -0.2) is 17.5 Å². The van der Waals surface area contributed by atoms with Crippen LogP contribution in [-0.2, 0) is 16.1 Å². The molecule has 2 rings (SSSR count). The van der Waals surface area contributed by atoms with Crippen molar-refractivity contribution < 1.29 is 19.2 Å². The number of hydrogen-bond donors (Lipinski definition) is 0. The summed E-state index contributed by atoms with van der Waals surface area (Å²) in [6.07, 6.45) is 0.0779. The number of esters is 1. The number of carbonyl (C=O) groups is 1. The molecular weight excluding hydrogens is 298 g/mol. The highest BCUT2D eigenvalue weighted by molar-refractivity contribution is 5.69. The van der Waals surface area contributed by atoms with E-state index in [0.717, 1.165) is 5.56 Å². The molecule has 0 aliphatic heterocycles. The summed E-state index contributed by atoms with van der Waals surface area (Å²) in [5.41, 5.74) is 1.43. The lowest BCUT2D eigenvalue weighted by molar-refractivity contribution is -0.385. The Morgan fingerprint density at radius 1 is 1.13 bits per heavy atom. The first-order valence-corrected chi connectivity index (χ1v) is 7.13. The third kappa shape index (κ3) is 5.10. The number of nitro groups is 1. The highest BCUT2D eigenvalue weighted by Crippen LogP contribution is 2.18. The summed E-state index contributed by atoms with van der Waals surface area (Å²) in [5, 5.41) is 10.9. The first-order chi connectivity index (χ1) is 11.1. The Bertz CT molecular complexity index is 682. The number of aryl methyl sites for hydroxylation is 1. The maximum atomic E-state index is 11.7. The molecule has 2 aromatic carbocycles. The molecule has 0 saturated carbocycles. The maximum absolute atomic E-state index is 11.7. The van der Waals surface area contributed by atoms with Crippen LogP contribution < -0.4 is 4.74 Å². The second-order valence-corrected chi connectivity index (χ2v) is 4.96. The molecule has 0 aliphatic carbocycles. The number of carbonyl (C=O) groups excluding carboxylic acids is 1. The van der Waals surface area contributed by atoms with Gasteiger partial charge in [-0.2, -0.15) is 0 Å². The molecule has 0 fully saturated rings. The molecular formula is C17H17NO5. The van der Waals surface area contributed by atoms with Crippen LogP contribution in [0.3, 0.4) is 0 Å². The molecule has 6 nitrogen and oxygen atoms in total. The fourth-order valence-electron chi connectivity index (χ4n) is 1.93. The van der Waals surface area contributed by atoms with Crippen LogP contribution >= 0.6 is 0 Å². The lowest BCUT2D eigenvalue weighted by Crippen LogP contribution is -2.10. The molecule has 6 heteroatoms. The number of para-hydroxylation sites is 1. The van der Waals surface area contributed by atoms with Gasteiger partial charge in [0.2, 0.25) is 0 Å². The van der Waals surface area contributed by atoms with Crippen molar-refractivity contribution in [1.82, 2.24) is 0 Å². The van der Waals surface area contributed by atoms with E-state index in [0.29, 0.717) is 11.3 Å². The summed E-state index contributed by atoms with van der Waals surface area (Å²) in [4.78, 5) is 22.0. The summed E-state index contributed by atoms with van der Waals surface area (Å²) in [6, 6.07) is 13.7. The first kappa shape index (κ1) is 16.5. The molecule has 2 aromatic rings. The average Bonchev–Trinajstić information content (AvgIpc) is 2.55. The molecule has 0 heterocycles. The van der Waals surface area contributed by atoms with Gasteiger partial charge in [-0.05, 0) is 25.1 Å². The van der Waals surface area contributed by atoms with E-state index < -0.39 is 10.9 Å². The van der Waals surface area contributed by atoms with Crippen molar-refractivity contribution in [1.29, 1.82) is 0 Å². The van der Waals surface area contributed by atoms with Crippen LogP contribution in [0.2, 0.25) is 0 Å². The Kier molecular flexibility index (Phi) is 5.68. The zero-order valence-corrected chi connectivity index (χ0v) is 12.7. The van der Waals surface area contributed by atoms with Crippen molar-refractivity contribution in [2.75, 3.05) is 6.61 Å². The average molecular weight is 315 g/mol. The predicted octanol–water partition coefficient (Wildman–Crippen LogP) is 3.42. The largest absolute Gasteiger partial charge is 0.493 e. The van der Waals surface area contributed by atoms with Crippen LogP contribution in [0.4, 0.5) is 5.69 Å². The summed E-state index contributed by atoms with van der Waals surface area (Å²) in [6.45, 7) is 2.04. The maximum Gasteiger partial charge on any atom is 0.309 e. The number of benzene rings is 2. The lowest BCUT2D eigenvalue weighted by Gasteiger charge is -2.07. The van der Waals surface area contributed by atoms with Gasteiger partial charge in [-0.1, -0.05) is 29.8 Å². The van der Waals surface area contributed by atoms with Crippen LogP contribution in [0.25, 0.3) is 0 Å². The zero-order chi connectivity index (χ0) is 16.7. The normalized spacial score (nSPS) is 10.1. The van der Waals surface area contributed by atoms with Gasteiger partial charge in [0.25, 0.3) is 5.69 Å². The van der Waals surface area contributed by atoms with Gasteiger partial charge >= 0.3 is 5.97 Å². The molecule has 0 amide bonds. The summed E-state index contributed by atoms with van der Waals surface area (Å²) in [5.74, 6) is 0.220. The Labute approximate surface area is 133 Å². The number of nitro benzene ring substituents is 1. The van der Waals surface area contributed by atoms with Gasteiger partial charge in [-0.3, -0.25) is 14.9 Å². The first-order valence-electron chi connectivity index (χ1n) is 7.13. The van der Waals surface area contributed by atoms with Crippen molar-refractivity contribution in [2.24, 2.45) is 0 Å². The van der Waals surface area contributed by atoms with Gasteiger partial charge < -0.3 is 9.47 Å². The molecule has 0 aromatic heterocycles. The van der Waals surface area contributed by atoms with E-state index in [-0.39, 0.29) is 25.3 Å². The summed E-state index contributed by atoms with van der Waals surface area (Å²) < 4.78 is 10.5. The Morgan fingerprint density at radius 2 is 1.83 bits per heavy atom. The Hall–Kier alpha value is -2.89. The van der Waals surface area contributed by atoms with Crippen molar-refractivity contribution in [3.05, 3.63) is 69.8 Å². The van der Waals surface area contributed by atoms with Gasteiger partial charge in [0.05, 0.1) is 23.5 Å². The van der Waals surface area contributed by atoms with Gasteiger partial charge in [-0.25, -0.2) is 0 Å². The van der Waals surface area contributed by atoms with Crippen molar-refractivity contribution in [3.63, 3.8) is 0 Å². The van der Waals surface area contributed by atoms with Crippen LogP contribution in [0.5, 0.6) is 5.75 Å². The van der Waals surface area contributed by atoms with Gasteiger partial charge in [0.1, 0.15) is 12.4 Å². The third-order valence-electron chi connectivity index (χ3n) is 3.17. The van der Waals surface area contributed by atoms with Gasteiger partial charge in [0, 0.05) is 6.07 Å². The van der Waals surface area contributed by atoms with Crippen LogP contribution in [0.15, 0.2) is 48.5 Å². The second kappa shape index (κ2) is 7.93. The van der Waals surface area contributed by atoms with E-state index >= 15 is 0 Å². The van der Waals surface area contributed by atoms with E-state index in [4.69, 9.17) is 9.47 Å². The summed E-state index contributed by atoms with van der Waals surface area (Å²) in [7, 11) is 0. The molecule has 0 atom stereocenters. The van der Waals surface area contributed by atoms with Crippen molar-refractivity contribution >= 4 is 11.7 Å². The van der Waals surface area contributed by atoms with Crippen molar-refractivity contribution in [2.45, 2.75) is 20.0 Å². The smallest absolute Gasteiger partial charge is 0.309 e. The van der Waals surface area contributed by atoms with Crippen LogP contribution in [0.1, 0.15) is 17.5 Å². The van der Waals surface area contributed by atoms with Gasteiger partial charge in [-0.15, -0.1) is 0 Å². The fourth-order valence-corrected chi connectivity index (χ4v) is 1.93. The minimum atomic E-state index is -0.496. The monoisotopic (exact) mass is 315 g/mol. The molecule has 23 heavy (non-hydrogen) atoms. The topological polar surface area (TPSA) is 78.7 Å². The van der Waals surface area contributed by atoms with Gasteiger partial charge in [0.15, 0.2) is 0 Å². The zero-order valence-electron chi connectivity index (χ0n) is 12.7. The molecule has 0 aliphatic rings. The number of rotatable bonds is 7. The highest BCUT2D eigenvalue weighted by atomic mass is 16.6. The van der Waals surface area contributed by atoms with E-state index in [1.807, 2.05) is 31.2 Å². The van der Waals surface area contributed by atoms with Crippen LogP contribution in [0, 0.1) is 17.0 Å². The molecule has 120 valence electrons. The lowest BCUT2D eigenvalue weighted by atomic mass is 10.2. The van der Waals surface area contributed by atoms with E-state index in [1.54, 1.807) is 18.2 Å². The minimum Gasteiger partial charge on any atom is -0.493 e. The second-order valence-electron chi connectivity index (χ2n) is 4.96. The summed E-state index contributed by atoms with van der Waals surface area (Å²) >= 11 is 0. The van der Waals surface area contributed by atoms with Crippen molar-refractivity contribution in [3.8, 4) is 5.75 Å². The molecule has 0 N–H and O–H groups in total. The molecule has 0 spiro atoms. The van der Waals surface area contributed by atoms with E-state index in [1.165, 1.54) is 6.07 Å². The minimum absolute atomic E-state index is 0.0591. The third-order valence-corrected chi connectivity index (χ3v) is 3.17.